The van der Waals surface area contributed by atoms with E-state index in [1.807, 2.05) is 9.13 Å². The summed E-state index contributed by atoms with van der Waals surface area (Å²) in [6, 6.07) is 0. The number of nitrogens with zero attached hydrogens (tertiary/aromatic N) is 10. The Morgan fingerprint density at radius 1 is 0.500 bits per heavy atom. The van der Waals surface area contributed by atoms with Crippen LogP contribution in [0.4, 0.5) is 0 Å². The molecule has 0 saturated carbocycles. The Morgan fingerprint density at radius 2 is 0.826 bits per heavy atom. The molecule has 4 heterocycles. The summed E-state index contributed by atoms with van der Waals surface area (Å²) in [4.78, 5) is 58.5. The van der Waals surface area contributed by atoms with Gasteiger partial charge in [0.1, 0.15) is 0 Å². The van der Waals surface area contributed by atoms with Gasteiger partial charge in [0.25, 0.3) is 11.1 Å². The number of hydrogen-bond donors (Lipinski definition) is 0. The number of unbranched alkanes of at least 4 members (excludes halogenated alkanes) is 7. The smallest absolute Gasteiger partial charge is 0.327 e. The molecule has 46 heavy (non-hydrogen) atoms. The number of fused-ring (bicyclic) bond motifs is 2. The van der Waals surface area contributed by atoms with Gasteiger partial charge in [0, 0.05) is 28.2 Å². The van der Waals surface area contributed by atoms with Crippen LogP contribution in [0.3, 0.4) is 0 Å². The Morgan fingerprint density at radius 3 is 1.17 bits per heavy atom. The molecule has 0 amide bonds. The minimum atomic E-state index is -0.360. The van der Waals surface area contributed by atoms with Crippen LogP contribution in [0, 0.1) is 0 Å². The summed E-state index contributed by atoms with van der Waals surface area (Å²) in [5.74, 6) is 0. The quantitative estimate of drug-likeness (QED) is 0.126. The van der Waals surface area contributed by atoms with Crippen LogP contribution in [0.25, 0.3) is 22.3 Å². The minimum absolute atomic E-state index is 0.298. The lowest BCUT2D eigenvalue weighted by Gasteiger charge is -2.30. The zero-order valence-corrected chi connectivity index (χ0v) is 29.2. The lowest BCUT2D eigenvalue weighted by Crippen LogP contribution is -2.43. The summed E-state index contributed by atoms with van der Waals surface area (Å²) < 4.78 is 10.6. The van der Waals surface area contributed by atoms with Crippen molar-refractivity contribution in [3.63, 3.8) is 0 Å². The lowest BCUT2D eigenvalue weighted by atomic mass is 10.1. The van der Waals surface area contributed by atoms with E-state index in [1.165, 1.54) is 74.6 Å². The maximum atomic E-state index is 12.7. The first-order valence-electron chi connectivity index (χ1n) is 16.5. The summed E-state index contributed by atoms with van der Waals surface area (Å²) in [6.07, 6.45) is 13.2. The molecule has 14 heteroatoms. The van der Waals surface area contributed by atoms with Gasteiger partial charge in [-0.05, 0) is 25.7 Å². The van der Waals surface area contributed by atoms with Gasteiger partial charge < -0.3 is 18.1 Å². The van der Waals surface area contributed by atoms with Crippen molar-refractivity contribution in [1.29, 1.82) is 0 Å². The lowest BCUT2D eigenvalue weighted by molar-refractivity contribution is -0.891. The van der Waals surface area contributed by atoms with Crippen molar-refractivity contribution in [1.82, 2.24) is 37.4 Å². The van der Waals surface area contributed by atoms with Gasteiger partial charge in [-0.3, -0.25) is 27.9 Å². The number of imidazole rings is 2. The molecule has 254 valence electrons. The van der Waals surface area contributed by atoms with Crippen LogP contribution in [0.5, 0.6) is 0 Å². The van der Waals surface area contributed by atoms with Gasteiger partial charge in [-0.1, -0.05) is 25.7 Å². The highest BCUT2D eigenvalue weighted by Crippen LogP contribution is 2.13. The maximum Gasteiger partial charge on any atom is 0.332 e. The fourth-order valence-corrected chi connectivity index (χ4v) is 6.25. The Labute approximate surface area is 269 Å². The standard InChI is InChI=1S/C32H54N10O4/c1-35-27-25(29(43)37(3)31(35)45)39(23-33-27)17-21-41(5,6)19-15-13-11-9-10-12-14-16-20-42(7,8)22-18-40-24-34-28-26(40)30(44)38(4)32(46)36(28)2/h23-24H,9-22H2,1-8H3/q+2. The van der Waals surface area contributed by atoms with E-state index >= 15 is 0 Å². The molecular formula is C32H54N10O4+2. The van der Waals surface area contributed by atoms with Gasteiger partial charge in [-0.25, -0.2) is 19.6 Å². The number of hydrogen-bond acceptors (Lipinski definition) is 6. The molecule has 14 nitrogen and oxygen atoms in total. The van der Waals surface area contributed by atoms with Gasteiger partial charge in [0.15, 0.2) is 22.3 Å². The van der Waals surface area contributed by atoms with Crippen LogP contribution >= 0.6 is 0 Å². The molecule has 0 aliphatic rings. The highest BCUT2D eigenvalue weighted by atomic mass is 16.2. The first-order valence-corrected chi connectivity index (χ1v) is 16.5. The number of aromatic nitrogens is 8. The molecule has 0 unspecified atom stereocenters. The van der Waals surface area contributed by atoms with Crippen LogP contribution in [0.1, 0.15) is 51.4 Å². The summed E-state index contributed by atoms with van der Waals surface area (Å²) in [6.45, 7) is 5.27. The zero-order chi connectivity index (χ0) is 33.8. The zero-order valence-electron chi connectivity index (χ0n) is 29.2. The second-order valence-corrected chi connectivity index (χ2v) is 14.2. The monoisotopic (exact) mass is 642 g/mol. The average molecular weight is 643 g/mol. The molecule has 0 aromatic carbocycles. The Balaban J connectivity index is 1.09. The molecule has 0 bridgehead atoms. The summed E-state index contributed by atoms with van der Waals surface area (Å²) >= 11 is 0. The van der Waals surface area contributed by atoms with Crippen molar-refractivity contribution in [3.8, 4) is 0 Å². The van der Waals surface area contributed by atoms with Crippen LogP contribution in [-0.2, 0) is 41.3 Å². The van der Waals surface area contributed by atoms with E-state index in [1.54, 1.807) is 26.7 Å². The summed E-state index contributed by atoms with van der Waals surface area (Å²) in [7, 11) is 15.2. The number of likely N-dealkylation sites (N-methyl/N-ethyl adjacent to an activating group) is 2. The van der Waals surface area contributed by atoms with Gasteiger partial charge >= 0.3 is 11.4 Å². The second kappa shape index (κ2) is 14.3. The molecule has 4 aromatic heterocycles. The first kappa shape index (κ1) is 35.1. The molecular weight excluding hydrogens is 588 g/mol. The second-order valence-electron chi connectivity index (χ2n) is 14.2. The van der Waals surface area contributed by atoms with Crippen LogP contribution in [-0.4, -0.2) is 101 Å². The molecule has 0 aliphatic carbocycles. The molecule has 0 radical (unpaired) electrons. The van der Waals surface area contributed by atoms with Crippen molar-refractivity contribution in [2.45, 2.75) is 64.5 Å². The molecule has 0 N–H and O–H groups in total. The fourth-order valence-electron chi connectivity index (χ4n) is 6.25. The van der Waals surface area contributed by atoms with Crippen molar-refractivity contribution in [2.75, 3.05) is 54.4 Å². The van der Waals surface area contributed by atoms with Crippen LogP contribution < -0.4 is 22.5 Å². The Bertz CT molecular complexity index is 1760. The molecule has 0 spiro atoms. The minimum Gasteiger partial charge on any atom is -0.327 e. The molecule has 0 saturated heterocycles. The van der Waals surface area contributed by atoms with Gasteiger partial charge in [0.05, 0.1) is 80.1 Å². The van der Waals surface area contributed by atoms with Crippen molar-refractivity contribution < 1.29 is 8.97 Å². The molecule has 4 rings (SSSR count). The first-order chi connectivity index (χ1) is 21.6. The molecule has 0 atom stereocenters. The predicted molar refractivity (Wildman–Crippen MR) is 181 cm³/mol. The Kier molecular flexibility index (Phi) is 10.9. The maximum absolute atomic E-state index is 12.7. The van der Waals surface area contributed by atoms with E-state index in [0.717, 1.165) is 44.3 Å². The average Bonchev–Trinajstić information content (AvgIpc) is 3.64. The Hall–Kier alpha value is -3.78. The third-order valence-corrected chi connectivity index (χ3v) is 9.60. The van der Waals surface area contributed by atoms with Crippen LogP contribution in [0.15, 0.2) is 31.8 Å². The number of aryl methyl sites for hydroxylation is 2. The van der Waals surface area contributed by atoms with Gasteiger partial charge in [-0.2, -0.15) is 0 Å². The van der Waals surface area contributed by atoms with E-state index < -0.39 is 0 Å². The summed E-state index contributed by atoms with van der Waals surface area (Å²) in [5, 5.41) is 0. The highest BCUT2D eigenvalue weighted by Gasteiger charge is 2.20. The SMILES string of the molecule is Cn1c(=O)c2c(ncn2CC[N+](C)(C)CCCCCCCCCC[N+](C)(C)CCn2cnc3c2c(=O)n(C)c(=O)n3C)n(C)c1=O. The predicted octanol–water partition coefficient (Wildman–Crippen LogP) is 1.15. The summed E-state index contributed by atoms with van der Waals surface area (Å²) in [5.41, 5.74) is 0.526. The van der Waals surface area contributed by atoms with E-state index in [4.69, 9.17) is 0 Å². The third-order valence-electron chi connectivity index (χ3n) is 9.60. The van der Waals surface area contributed by atoms with Gasteiger partial charge in [-0.15, -0.1) is 0 Å². The highest BCUT2D eigenvalue weighted by molar-refractivity contribution is 5.70. The van der Waals surface area contributed by atoms with Crippen molar-refractivity contribution >= 4 is 22.3 Å². The van der Waals surface area contributed by atoms with E-state index in [2.05, 4.69) is 38.2 Å². The van der Waals surface area contributed by atoms with Gasteiger partial charge in [0.2, 0.25) is 0 Å². The fraction of sp³-hybridized carbons (Fsp3) is 0.688. The van der Waals surface area contributed by atoms with Crippen LogP contribution in [0.2, 0.25) is 0 Å². The third kappa shape index (κ3) is 7.77. The van der Waals surface area contributed by atoms with Crippen molar-refractivity contribution in [3.05, 3.63) is 54.3 Å². The normalized spacial score (nSPS) is 12.6. The molecule has 0 fully saturated rings. The van der Waals surface area contributed by atoms with E-state index in [0.29, 0.717) is 35.4 Å². The molecule has 0 aliphatic heterocycles. The number of rotatable bonds is 17. The largest absolute Gasteiger partial charge is 0.332 e. The number of quaternary nitrogens is 2. The molecule has 4 aromatic rings. The topological polar surface area (TPSA) is 124 Å². The van der Waals surface area contributed by atoms with Crippen molar-refractivity contribution in [2.24, 2.45) is 28.2 Å². The van der Waals surface area contributed by atoms with E-state index in [-0.39, 0.29) is 22.5 Å². The van der Waals surface area contributed by atoms with E-state index in [9.17, 15) is 19.2 Å².